The summed E-state index contributed by atoms with van der Waals surface area (Å²) >= 11 is 0. The Hall–Kier alpha value is -7.77. The maximum atomic E-state index is 13.9. The highest BCUT2D eigenvalue weighted by molar-refractivity contribution is 6.13. The molecule has 0 spiro atoms. The normalized spacial score (nSPS) is 12.4. The van der Waals surface area contributed by atoms with Crippen LogP contribution in [-0.4, -0.2) is 118 Å². The minimum absolute atomic E-state index is 0.133. The molecular weight excluding hydrogens is 724 g/mol. The van der Waals surface area contributed by atoms with Gasteiger partial charge in [-0.2, -0.15) is 0 Å². The largest absolute Gasteiger partial charge is 0.504 e. The minimum atomic E-state index is -2.38. The predicted molar refractivity (Wildman–Crippen MR) is 177 cm³/mol. The Morgan fingerprint density at radius 1 is 0.481 bits per heavy atom. The lowest BCUT2D eigenvalue weighted by Gasteiger charge is -2.28. The molecule has 0 bridgehead atoms. The molecule has 0 aliphatic rings. The molecule has 13 N–H and O–H groups in total. The van der Waals surface area contributed by atoms with Gasteiger partial charge >= 0.3 is 5.97 Å². The first kappa shape index (κ1) is 33.4. The summed E-state index contributed by atoms with van der Waals surface area (Å²) in [6.07, 6.45) is -1.92. The van der Waals surface area contributed by atoms with Gasteiger partial charge in [0.2, 0.25) is 0 Å². The van der Waals surface area contributed by atoms with Gasteiger partial charge in [-0.25, -0.2) is 4.79 Å². The van der Waals surface area contributed by atoms with Gasteiger partial charge in [0.25, 0.3) is 23.6 Å². The molecule has 0 heterocycles. The maximum absolute atomic E-state index is 13.9. The highest BCUT2D eigenvalue weighted by atomic mass is 16.4. The Kier molecular flexibility index (Phi) is 9.41. The number of aromatic hydroxyl groups is 12. The van der Waals surface area contributed by atoms with E-state index >= 15 is 0 Å². The molecule has 4 amide bonds. The first-order valence-corrected chi connectivity index (χ1v) is 14.9. The molecule has 0 fully saturated rings. The van der Waals surface area contributed by atoms with Crippen LogP contribution in [0.1, 0.15) is 66.2 Å². The van der Waals surface area contributed by atoms with Crippen molar-refractivity contribution in [2.45, 2.75) is 25.3 Å². The van der Waals surface area contributed by atoms with Crippen LogP contribution in [0.3, 0.4) is 0 Å². The van der Waals surface area contributed by atoms with Crippen LogP contribution in [0.4, 0.5) is 0 Å². The summed E-state index contributed by atoms with van der Waals surface area (Å²) in [6, 6.07) is -5.41. The van der Waals surface area contributed by atoms with E-state index in [1.807, 2.05) is 0 Å². The number of carbonyl (C=O) groups excluding carboxylic acids is 4. The third kappa shape index (κ3) is 7.76. The number of nitrogens with zero attached hydrogens (tertiary/aromatic N) is 2. The summed E-state index contributed by atoms with van der Waals surface area (Å²) in [7, 11) is 0. The molecule has 4 aromatic rings. The fraction of sp³-hybridized carbons (Fsp3) is 0.147. The summed E-state index contributed by atoms with van der Waals surface area (Å²) < 4.78 is 32.2. The topological polar surface area (TPSA) is 355 Å². The van der Waals surface area contributed by atoms with Crippen LogP contribution in [0.2, 0.25) is 0 Å². The molecule has 0 saturated carbocycles. The number of aliphatic carboxylic acids is 1. The molecular formula is C34H30N2O18. The number of phenolic OH excluding ortho intramolecular Hbond substituents is 12. The number of unbranched alkanes of at least 4 members (excludes halogenated alkanes) is 1. The van der Waals surface area contributed by atoms with Crippen molar-refractivity contribution < 1.29 is 95.8 Å². The van der Waals surface area contributed by atoms with Gasteiger partial charge in [0, 0.05) is 28.8 Å². The summed E-state index contributed by atoms with van der Waals surface area (Å²) in [5, 5.41) is 130. The van der Waals surface area contributed by atoms with Crippen molar-refractivity contribution in [1.29, 1.82) is 0 Å². The number of amides is 4. The fourth-order valence-electron chi connectivity index (χ4n) is 4.85. The molecule has 54 heavy (non-hydrogen) atoms. The van der Waals surface area contributed by atoms with Crippen molar-refractivity contribution >= 4 is 29.6 Å². The van der Waals surface area contributed by atoms with Crippen molar-refractivity contribution in [3.8, 4) is 69.0 Å². The second kappa shape index (κ2) is 15.2. The fourth-order valence-corrected chi connectivity index (χ4v) is 4.85. The molecule has 0 radical (unpaired) electrons. The van der Waals surface area contributed by atoms with Crippen LogP contribution >= 0.6 is 0 Å². The highest BCUT2D eigenvalue weighted by Gasteiger charge is 2.37. The van der Waals surface area contributed by atoms with E-state index in [9.17, 15) is 90.4 Å². The Bertz CT molecular complexity index is 2270. The predicted octanol–water partition coefficient (Wildman–Crippen LogP) is 2.04. The Morgan fingerprint density at radius 3 is 1.07 bits per heavy atom. The van der Waals surface area contributed by atoms with E-state index in [2.05, 4.69) is 0 Å². The van der Waals surface area contributed by atoms with Crippen molar-refractivity contribution in [3.05, 3.63) is 70.7 Å². The van der Waals surface area contributed by atoms with Crippen LogP contribution in [0.15, 0.2) is 48.4 Å². The Morgan fingerprint density at radius 2 is 0.778 bits per heavy atom. The minimum Gasteiger partial charge on any atom is -0.504 e. The van der Waals surface area contributed by atoms with Gasteiger partial charge in [-0.05, 0) is 67.7 Å². The summed E-state index contributed by atoms with van der Waals surface area (Å²) in [6.45, 7) is -0.858. The maximum Gasteiger partial charge on any atom is 0.326 e. The molecule has 4 aromatic carbocycles. The van der Waals surface area contributed by atoms with Gasteiger partial charge in [0.15, 0.2) is 69.0 Å². The lowest BCUT2D eigenvalue weighted by Crippen LogP contribution is -2.49. The summed E-state index contributed by atoms with van der Waals surface area (Å²) in [5.41, 5.74) is -4.09. The third-order valence-electron chi connectivity index (χ3n) is 7.56. The van der Waals surface area contributed by atoms with E-state index in [0.29, 0.717) is 24.3 Å². The number of carboxylic acids is 1. The smallest absolute Gasteiger partial charge is 0.326 e. The van der Waals surface area contributed by atoms with E-state index in [1.165, 1.54) is 0 Å². The number of phenols is 12. The van der Waals surface area contributed by atoms with Crippen LogP contribution in [0, 0.1) is 0 Å². The van der Waals surface area contributed by atoms with Gasteiger partial charge in [-0.1, -0.05) is 0 Å². The zero-order valence-corrected chi connectivity index (χ0v) is 27.0. The molecule has 20 nitrogen and oxygen atoms in total. The van der Waals surface area contributed by atoms with Gasteiger partial charge in [0.1, 0.15) is 6.04 Å². The monoisotopic (exact) mass is 758 g/mol. The Labute approximate surface area is 307 Å². The molecule has 20 heteroatoms. The number of benzene rings is 4. The van der Waals surface area contributed by atoms with Crippen LogP contribution in [-0.2, 0) is 4.79 Å². The van der Waals surface area contributed by atoms with E-state index in [4.69, 9.17) is 5.48 Å². The van der Waals surface area contributed by atoms with Gasteiger partial charge in [-0.15, -0.1) is 0 Å². The second-order valence-corrected chi connectivity index (χ2v) is 11.2. The number of hydrogen-bond donors (Lipinski definition) is 13. The average Bonchev–Trinajstić information content (AvgIpc) is 3.18. The molecule has 1 atom stereocenters. The Balaban J connectivity index is 1.78. The van der Waals surface area contributed by atoms with Crippen LogP contribution in [0.25, 0.3) is 0 Å². The van der Waals surface area contributed by atoms with Crippen LogP contribution in [0.5, 0.6) is 69.0 Å². The van der Waals surface area contributed by atoms with E-state index in [1.54, 1.807) is 0 Å². The summed E-state index contributed by atoms with van der Waals surface area (Å²) in [5.74, 6) is -23.7. The van der Waals surface area contributed by atoms with E-state index in [-0.39, 0.29) is 9.80 Å². The van der Waals surface area contributed by atoms with Gasteiger partial charge < -0.3 is 66.4 Å². The van der Waals surface area contributed by atoms with E-state index in [0.717, 1.165) is 0 Å². The van der Waals surface area contributed by atoms with Crippen molar-refractivity contribution in [3.63, 3.8) is 0 Å². The number of carboxylic acid groups (broad SMARTS) is 1. The first-order chi connectivity index (χ1) is 27.0. The van der Waals surface area contributed by atoms with Crippen molar-refractivity contribution in [1.82, 2.24) is 9.80 Å². The molecule has 284 valence electrons. The average molecular weight is 759 g/mol. The standard InChI is InChI=1S/C34H30N2O18/c37-18-5-13(6-19(38)26(18)45)30(49)35(31(50)14-7-20(39)27(46)21(40)8-14)4-2-1-3-17(34(53)54)36(32(51)15-9-22(41)28(47)23(42)10-15)33(52)16-11-24(43)29(48)25(44)12-16/h5-12,17,37-48H,1-4H2,(H,53,54)/t17-/m0/s1/i5D,7D,9D,11D. The van der Waals surface area contributed by atoms with Gasteiger partial charge in [-0.3, -0.25) is 29.0 Å². The molecule has 0 unspecified atom stereocenters. The van der Waals surface area contributed by atoms with Crippen LogP contribution < -0.4 is 0 Å². The number of imide groups is 2. The highest BCUT2D eigenvalue weighted by Crippen LogP contribution is 2.40. The number of carbonyl (C=O) groups is 5. The SMILES string of the molecule is [2H]c1c(C(=O)N(CCCC[C@@H](C(=O)O)N(C(=O)c2cc(O)c(O)c(O)c2[2H])C(=O)c2cc(O)c(O)c(O)c2[2H])C(=O)c2cc(O)c(O)c(O)c2[2H])cc(O)c(O)c1O. The summed E-state index contributed by atoms with van der Waals surface area (Å²) in [4.78, 5) is 68.0. The number of hydrogen-bond acceptors (Lipinski definition) is 17. The van der Waals surface area contributed by atoms with Gasteiger partial charge in [0.05, 0.1) is 5.48 Å². The molecule has 0 aliphatic carbocycles. The lowest BCUT2D eigenvalue weighted by molar-refractivity contribution is -0.142. The second-order valence-electron chi connectivity index (χ2n) is 11.2. The van der Waals surface area contributed by atoms with Crippen molar-refractivity contribution in [2.24, 2.45) is 0 Å². The molecule has 4 rings (SSSR count). The van der Waals surface area contributed by atoms with Crippen molar-refractivity contribution in [2.75, 3.05) is 6.54 Å². The molecule has 0 aliphatic heterocycles. The molecule has 0 aromatic heterocycles. The molecule has 0 saturated heterocycles. The third-order valence-corrected chi connectivity index (χ3v) is 7.56. The quantitative estimate of drug-likeness (QED) is 0.0591. The van der Waals surface area contributed by atoms with E-state index < -0.39 is 177 Å². The zero-order chi connectivity index (χ0) is 43.8. The number of rotatable bonds is 11. The zero-order valence-electron chi connectivity index (χ0n) is 31.0. The first-order valence-electron chi connectivity index (χ1n) is 16.9. The lowest BCUT2D eigenvalue weighted by atomic mass is 10.0.